The van der Waals surface area contributed by atoms with Crippen molar-refractivity contribution >= 4 is 45.7 Å². The lowest BCUT2D eigenvalue weighted by atomic mass is 10.2. The van der Waals surface area contributed by atoms with E-state index in [9.17, 15) is 5.21 Å². The van der Waals surface area contributed by atoms with Gasteiger partial charge in [-0.25, -0.2) is 10.5 Å². The summed E-state index contributed by atoms with van der Waals surface area (Å²) in [7, 11) is 0. The lowest BCUT2D eigenvalue weighted by molar-refractivity contribution is 0.233. The highest BCUT2D eigenvalue weighted by Crippen LogP contribution is 2.24. The Hall–Kier alpha value is -2.01. The first-order valence-electron chi connectivity index (χ1n) is 6.09. The molecule has 0 bridgehead atoms. The number of amidine groups is 1. The highest BCUT2D eigenvalue weighted by molar-refractivity contribution is 6.31. The second kappa shape index (κ2) is 5.77. The molecule has 6 heteroatoms. The van der Waals surface area contributed by atoms with Gasteiger partial charge in [0, 0.05) is 15.4 Å². The Morgan fingerprint density at radius 2 is 1.86 bits per heavy atom. The van der Waals surface area contributed by atoms with E-state index in [1.54, 1.807) is 48.5 Å². The van der Waals surface area contributed by atoms with E-state index in [-0.39, 0.29) is 5.84 Å². The van der Waals surface area contributed by atoms with Crippen molar-refractivity contribution in [1.82, 2.24) is 5.48 Å². The lowest BCUT2D eigenvalue weighted by Gasteiger charge is -2.01. The molecule has 0 spiro atoms. The van der Waals surface area contributed by atoms with Gasteiger partial charge in [0.1, 0.15) is 5.58 Å². The third-order valence-electron chi connectivity index (χ3n) is 2.87. The van der Waals surface area contributed by atoms with Gasteiger partial charge in [0.25, 0.3) is 0 Å². The molecule has 0 radical (unpaired) electrons. The molecule has 0 atom stereocenters. The second-order valence-corrected chi connectivity index (χ2v) is 5.22. The summed E-state index contributed by atoms with van der Waals surface area (Å²) in [5.41, 5.74) is 3.29. The second-order valence-electron chi connectivity index (χ2n) is 4.34. The summed E-state index contributed by atoms with van der Waals surface area (Å²) in [5.74, 6) is 0.583. The van der Waals surface area contributed by atoms with E-state index in [1.165, 1.54) is 0 Å². The van der Waals surface area contributed by atoms with Crippen LogP contribution >= 0.6 is 23.2 Å². The Bertz CT molecular complexity index is 827. The van der Waals surface area contributed by atoms with Gasteiger partial charge >= 0.3 is 0 Å². The van der Waals surface area contributed by atoms with E-state index in [2.05, 4.69) is 4.99 Å². The highest BCUT2D eigenvalue weighted by atomic mass is 35.5. The van der Waals surface area contributed by atoms with Crippen LogP contribution in [0.25, 0.3) is 11.0 Å². The molecule has 0 amide bonds. The number of halogens is 2. The molecule has 0 fully saturated rings. The minimum absolute atomic E-state index is 0.185. The van der Waals surface area contributed by atoms with E-state index in [0.717, 1.165) is 5.39 Å². The smallest absolute Gasteiger partial charge is 0.193 e. The molecule has 21 heavy (non-hydrogen) atoms. The molecule has 1 heterocycles. The number of hydrogen-bond acceptors (Lipinski definition) is 3. The van der Waals surface area contributed by atoms with Crippen molar-refractivity contribution in [3.05, 3.63) is 64.3 Å². The third kappa shape index (κ3) is 3.03. The Kier molecular flexibility index (Phi) is 3.84. The molecule has 0 saturated heterocycles. The zero-order valence-corrected chi connectivity index (χ0v) is 12.2. The number of fused-ring (bicyclic) bond motifs is 1. The minimum Gasteiger partial charge on any atom is -0.453 e. The molecule has 2 N–H and O–H groups in total. The summed E-state index contributed by atoms with van der Waals surface area (Å²) in [4.78, 5) is 4.27. The minimum atomic E-state index is 0.185. The van der Waals surface area contributed by atoms with Crippen molar-refractivity contribution in [3.8, 4) is 0 Å². The van der Waals surface area contributed by atoms with E-state index in [0.29, 0.717) is 27.1 Å². The van der Waals surface area contributed by atoms with Gasteiger partial charge in [-0.05, 0) is 42.5 Å². The van der Waals surface area contributed by atoms with Crippen LogP contribution in [0.15, 0.2) is 57.9 Å². The Labute approximate surface area is 130 Å². The fourth-order valence-electron chi connectivity index (χ4n) is 1.94. The standard InChI is InChI=1S/C15H10Cl2N2O2/c16-10-2-1-3-12(8-10)18-15(19-20)14-7-9-6-11(17)4-5-13(9)21-14/h1-8,20H,(H,18,19). The van der Waals surface area contributed by atoms with Gasteiger partial charge < -0.3 is 4.42 Å². The maximum Gasteiger partial charge on any atom is 0.193 e. The van der Waals surface area contributed by atoms with Crippen LogP contribution in [-0.4, -0.2) is 11.0 Å². The van der Waals surface area contributed by atoms with Gasteiger partial charge in [-0.2, -0.15) is 0 Å². The third-order valence-corrected chi connectivity index (χ3v) is 3.34. The fourth-order valence-corrected chi connectivity index (χ4v) is 2.31. The van der Waals surface area contributed by atoms with Crippen molar-refractivity contribution in [1.29, 1.82) is 0 Å². The fraction of sp³-hybridized carbons (Fsp3) is 0. The number of furan rings is 1. The van der Waals surface area contributed by atoms with Crippen molar-refractivity contribution in [2.24, 2.45) is 4.99 Å². The summed E-state index contributed by atoms with van der Waals surface area (Å²) in [6.07, 6.45) is 0. The molecule has 0 unspecified atom stereocenters. The Balaban J connectivity index is 2.05. The highest BCUT2D eigenvalue weighted by Gasteiger charge is 2.10. The predicted molar refractivity (Wildman–Crippen MR) is 83.8 cm³/mol. The zero-order chi connectivity index (χ0) is 14.8. The molecule has 106 valence electrons. The average Bonchev–Trinajstić information content (AvgIpc) is 2.87. The maximum atomic E-state index is 9.29. The number of nitrogens with zero attached hydrogens (tertiary/aromatic N) is 1. The molecular weight excluding hydrogens is 311 g/mol. The quantitative estimate of drug-likeness (QED) is 0.405. The van der Waals surface area contributed by atoms with Gasteiger partial charge in [-0.1, -0.05) is 29.3 Å². The van der Waals surface area contributed by atoms with Gasteiger partial charge in [0.2, 0.25) is 0 Å². The van der Waals surface area contributed by atoms with Crippen LogP contribution in [-0.2, 0) is 0 Å². The van der Waals surface area contributed by atoms with E-state index < -0.39 is 0 Å². The van der Waals surface area contributed by atoms with Crippen molar-refractivity contribution < 1.29 is 9.62 Å². The monoisotopic (exact) mass is 320 g/mol. The number of benzene rings is 2. The summed E-state index contributed by atoms with van der Waals surface area (Å²) in [6.45, 7) is 0. The average molecular weight is 321 g/mol. The zero-order valence-electron chi connectivity index (χ0n) is 10.7. The van der Waals surface area contributed by atoms with Gasteiger partial charge in [-0.15, -0.1) is 0 Å². The van der Waals surface area contributed by atoms with Crippen LogP contribution < -0.4 is 5.48 Å². The van der Waals surface area contributed by atoms with Crippen LogP contribution in [0.5, 0.6) is 0 Å². The molecule has 0 aliphatic carbocycles. The molecule has 3 rings (SSSR count). The molecular formula is C15H10Cl2N2O2. The molecule has 3 aromatic rings. The summed E-state index contributed by atoms with van der Waals surface area (Å²) in [6, 6.07) is 14.0. The molecule has 1 aromatic heterocycles. The number of nitrogens with one attached hydrogen (secondary N) is 1. The van der Waals surface area contributed by atoms with Crippen LogP contribution in [0.2, 0.25) is 10.0 Å². The number of hydroxylamine groups is 1. The summed E-state index contributed by atoms with van der Waals surface area (Å²) in [5, 5.41) is 11.3. The normalized spacial score (nSPS) is 11.9. The van der Waals surface area contributed by atoms with E-state index in [1.807, 2.05) is 5.48 Å². The first-order valence-corrected chi connectivity index (χ1v) is 6.85. The van der Waals surface area contributed by atoms with Gasteiger partial charge in [-0.3, -0.25) is 5.21 Å². The van der Waals surface area contributed by atoms with Gasteiger partial charge in [0.15, 0.2) is 11.6 Å². The Morgan fingerprint density at radius 1 is 1.05 bits per heavy atom. The number of aliphatic imine (C=N–C) groups is 1. The van der Waals surface area contributed by atoms with Crippen LogP contribution in [0.3, 0.4) is 0 Å². The Morgan fingerprint density at radius 3 is 2.62 bits per heavy atom. The SMILES string of the molecule is ONC(=Nc1cccc(Cl)c1)c1cc2cc(Cl)ccc2o1. The van der Waals surface area contributed by atoms with Crippen LogP contribution in [0.4, 0.5) is 5.69 Å². The van der Waals surface area contributed by atoms with Crippen LogP contribution in [0.1, 0.15) is 5.76 Å². The molecule has 0 aliphatic rings. The largest absolute Gasteiger partial charge is 0.453 e. The molecule has 4 nitrogen and oxygen atoms in total. The lowest BCUT2D eigenvalue weighted by Crippen LogP contribution is -2.19. The first kappa shape index (κ1) is 13.9. The predicted octanol–water partition coefficient (Wildman–Crippen LogP) is 4.80. The van der Waals surface area contributed by atoms with E-state index >= 15 is 0 Å². The van der Waals surface area contributed by atoms with Crippen molar-refractivity contribution in [3.63, 3.8) is 0 Å². The maximum absolute atomic E-state index is 9.29. The summed E-state index contributed by atoms with van der Waals surface area (Å²) < 4.78 is 5.63. The molecule has 0 aliphatic heterocycles. The van der Waals surface area contributed by atoms with E-state index in [4.69, 9.17) is 27.6 Å². The first-order chi connectivity index (χ1) is 10.2. The topological polar surface area (TPSA) is 57.8 Å². The molecule has 0 saturated carbocycles. The molecule has 2 aromatic carbocycles. The van der Waals surface area contributed by atoms with Crippen molar-refractivity contribution in [2.45, 2.75) is 0 Å². The number of rotatable bonds is 2. The van der Waals surface area contributed by atoms with Gasteiger partial charge in [0.05, 0.1) is 5.69 Å². The number of hydrogen-bond donors (Lipinski definition) is 2. The van der Waals surface area contributed by atoms with Crippen LogP contribution in [0, 0.1) is 0 Å². The van der Waals surface area contributed by atoms with Crippen molar-refractivity contribution in [2.75, 3.05) is 0 Å². The summed E-state index contributed by atoms with van der Waals surface area (Å²) >= 11 is 11.8.